The first-order chi connectivity index (χ1) is 14.9. The molecule has 8 heteroatoms. The van der Waals surface area contributed by atoms with Crippen molar-refractivity contribution in [2.24, 2.45) is 0 Å². The number of nitrogens with zero attached hydrogens (tertiary/aromatic N) is 3. The van der Waals surface area contributed by atoms with Crippen LogP contribution in [0.5, 0.6) is 0 Å². The molecule has 31 heavy (non-hydrogen) atoms. The minimum Gasteiger partial charge on any atom is -0.332 e. The number of fused-ring (bicyclic) bond motifs is 1. The van der Waals surface area contributed by atoms with Gasteiger partial charge in [-0.1, -0.05) is 41.9 Å². The summed E-state index contributed by atoms with van der Waals surface area (Å²) >= 11 is 7.36. The van der Waals surface area contributed by atoms with Gasteiger partial charge in [0.25, 0.3) is 5.91 Å². The molecule has 2 heterocycles. The summed E-state index contributed by atoms with van der Waals surface area (Å²) in [7, 11) is 1.63. The molecule has 0 saturated carbocycles. The highest BCUT2D eigenvalue weighted by atomic mass is 35.5. The molecular formula is C23H21ClN4O2S. The van der Waals surface area contributed by atoms with Gasteiger partial charge in [0.15, 0.2) is 0 Å². The molecule has 0 fully saturated rings. The van der Waals surface area contributed by atoms with Gasteiger partial charge < -0.3 is 10.2 Å². The number of likely N-dealkylation sites (N-methyl/N-ethyl adjacent to an activating group) is 1. The quantitative estimate of drug-likeness (QED) is 0.456. The van der Waals surface area contributed by atoms with Gasteiger partial charge in [0.05, 0.1) is 23.7 Å². The van der Waals surface area contributed by atoms with E-state index >= 15 is 0 Å². The molecule has 0 aliphatic heterocycles. The lowest BCUT2D eigenvalue weighted by Crippen LogP contribution is -2.34. The number of aryl methyl sites for hydroxylation is 1. The average Bonchev–Trinajstić information content (AvgIpc) is 3.31. The number of thiophene rings is 1. The zero-order chi connectivity index (χ0) is 22.0. The maximum absolute atomic E-state index is 12.9. The summed E-state index contributed by atoms with van der Waals surface area (Å²) in [5.41, 5.74) is 2.64. The van der Waals surface area contributed by atoms with Gasteiger partial charge in [0, 0.05) is 23.1 Å². The van der Waals surface area contributed by atoms with E-state index in [1.807, 2.05) is 60.1 Å². The van der Waals surface area contributed by atoms with Crippen molar-refractivity contribution >= 4 is 50.7 Å². The van der Waals surface area contributed by atoms with Crippen LogP contribution in [0.15, 0.2) is 60.7 Å². The van der Waals surface area contributed by atoms with Crippen LogP contribution in [0, 0.1) is 6.92 Å². The van der Waals surface area contributed by atoms with Crippen LogP contribution in [0.1, 0.15) is 20.9 Å². The zero-order valence-electron chi connectivity index (χ0n) is 17.1. The van der Waals surface area contributed by atoms with Crippen molar-refractivity contribution in [1.29, 1.82) is 0 Å². The molecule has 2 aromatic carbocycles. The highest BCUT2D eigenvalue weighted by molar-refractivity contribution is 7.20. The Balaban J connectivity index is 1.49. The van der Waals surface area contributed by atoms with Crippen LogP contribution in [0.3, 0.4) is 0 Å². The second-order valence-electron chi connectivity index (χ2n) is 7.27. The zero-order valence-corrected chi connectivity index (χ0v) is 18.7. The molecule has 1 N–H and O–H groups in total. The molecule has 0 saturated heterocycles. The van der Waals surface area contributed by atoms with Crippen LogP contribution >= 0.6 is 22.9 Å². The van der Waals surface area contributed by atoms with Crippen LogP contribution in [0.4, 0.5) is 5.69 Å². The van der Waals surface area contributed by atoms with Gasteiger partial charge in [-0.25, -0.2) is 0 Å². The van der Waals surface area contributed by atoms with Gasteiger partial charge in [0.2, 0.25) is 5.91 Å². The molecule has 6 nitrogen and oxygen atoms in total. The van der Waals surface area contributed by atoms with Gasteiger partial charge in [-0.2, -0.15) is 5.10 Å². The smallest absolute Gasteiger partial charge is 0.264 e. The monoisotopic (exact) mass is 452 g/mol. The summed E-state index contributed by atoms with van der Waals surface area (Å²) in [4.78, 5) is 28.2. The number of nitrogens with one attached hydrogen (secondary N) is 1. The van der Waals surface area contributed by atoms with E-state index in [1.165, 1.54) is 16.2 Å². The molecule has 2 amide bonds. The highest BCUT2D eigenvalue weighted by Crippen LogP contribution is 2.29. The van der Waals surface area contributed by atoms with Gasteiger partial charge >= 0.3 is 0 Å². The number of para-hydroxylation sites is 1. The molecule has 158 valence electrons. The Hall–Kier alpha value is -3.16. The molecule has 4 aromatic rings. The van der Waals surface area contributed by atoms with Crippen LogP contribution in [0.25, 0.3) is 10.2 Å². The molecule has 0 aliphatic carbocycles. The van der Waals surface area contributed by atoms with Crippen molar-refractivity contribution in [3.05, 3.63) is 81.8 Å². The maximum Gasteiger partial charge on any atom is 0.264 e. The molecule has 2 aromatic heterocycles. The maximum atomic E-state index is 12.9. The lowest BCUT2D eigenvalue weighted by molar-refractivity contribution is -0.116. The van der Waals surface area contributed by atoms with Crippen molar-refractivity contribution in [3.63, 3.8) is 0 Å². The Labute approximate surface area is 189 Å². The second kappa shape index (κ2) is 8.91. The van der Waals surface area contributed by atoms with E-state index in [0.717, 1.165) is 21.5 Å². The number of halogens is 1. The number of carbonyl (C=O) groups is 2. The number of hydrogen-bond acceptors (Lipinski definition) is 4. The van der Waals surface area contributed by atoms with Crippen LogP contribution in [0.2, 0.25) is 5.02 Å². The number of amides is 2. The Kier molecular flexibility index (Phi) is 6.06. The second-order valence-corrected chi connectivity index (χ2v) is 8.74. The fourth-order valence-electron chi connectivity index (χ4n) is 3.29. The fraction of sp³-hybridized carbons (Fsp3) is 0.174. The summed E-state index contributed by atoms with van der Waals surface area (Å²) in [6.07, 6.45) is 0. The normalized spacial score (nSPS) is 10.9. The number of rotatable bonds is 6. The van der Waals surface area contributed by atoms with Crippen LogP contribution in [-0.4, -0.2) is 40.1 Å². The van der Waals surface area contributed by atoms with Crippen LogP contribution < -0.4 is 5.32 Å². The van der Waals surface area contributed by atoms with E-state index in [1.54, 1.807) is 19.2 Å². The topological polar surface area (TPSA) is 67.2 Å². The van der Waals surface area contributed by atoms with E-state index < -0.39 is 0 Å². The Bertz CT molecular complexity index is 1230. The van der Waals surface area contributed by atoms with Gasteiger partial charge in [-0.3, -0.25) is 14.3 Å². The summed E-state index contributed by atoms with van der Waals surface area (Å²) in [5, 5.41) is 9.05. The third-order valence-electron chi connectivity index (χ3n) is 4.85. The first-order valence-electron chi connectivity index (χ1n) is 9.72. The predicted molar refractivity (Wildman–Crippen MR) is 125 cm³/mol. The van der Waals surface area contributed by atoms with E-state index in [2.05, 4.69) is 10.4 Å². The number of hydrogen-bond donors (Lipinski definition) is 1. The summed E-state index contributed by atoms with van der Waals surface area (Å²) in [6, 6.07) is 18.7. The number of carbonyl (C=O) groups excluding carboxylic acids is 2. The van der Waals surface area contributed by atoms with E-state index in [-0.39, 0.29) is 18.4 Å². The Morgan fingerprint density at radius 1 is 1.13 bits per heavy atom. The molecule has 0 unspecified atom stereocenters. The third kappa shape index (κ3) is 4.78. The molecule has 0 aliphatic rings. The van der Waals surface area contributed by atoms with E-state index in [0.29, 0.717) is 22.1 Å². The third-order valence-corrected chi connectivity index (χ3v) is 6.24. The largest absolute Gasteiger partial charge is 0.332 e. The van der Waals surface area contributed by atoms with Crippen molar-refractivity contribution in [1.82, 2.24) is 14.7 Å². The first-order valence-corrected chi connectivity index (χ1v) is 10.9. The van der Waals surface area contributed by atoms with Gasteiger partial charge in [-0.15, -0.1) is 11.3 Å². The summed E-state index contributed by atoms with van der Waals surface area (Å²) in [6.45, 7) is 2.49. The van der Waals surface area contributed by atoms with E-state index in [4.69, 9.17) is 11.6 Å². The lowest BCUT2D eigenvalue weighted by atomic mass is 10.2. The standard InChI is InChI=1S/C23H21ClN4O2S/c1-15-19-12-20(22(30)27(2)14-21(29)25-18-6-4-3-5-7-18)31-23(19)28(26-15)13-16-8-10-17(24)11-9-16/h3-12H,13-14H2,1-2H3,(H,25,29). The number of anilines is 1. The first kappa shape index (κ1) is 21.1. The average molecular weight is 453 g/mol. The number of aromatic nitrogens is 2. The molecule has 0 spiro atoms. The molecule has 4 rings (SSSR count). The van der Waals surface area contributed by atoms with Crippen molar-refractivity contribution in [2.75, 3.05) is 18.9 Å². The Morgan fingerprint density at radius 3 is 2.55 bits per heavy atom. The Morgan fingerprint density at radius 2 is 1.84 bits per heavy atom. The van der Waals surface area contributed by atoms with Crippen LogP contribution in [-0.2, 0) is 11.3 Å². The van der Waals surface area contributed by atoms with Gasteiger partial charge in [0.1, 0.15) is 4.83 Å². The summed E-state index contributed by atoms with van der Waals surface area (Å²) in [5.74, 6) is -0.435. The van der Waals surface area contributed by atoms with E-state index in [9.17, 15) is 9.59 Å². The van der Waals surface area contributed by atoms with Crippen molar-refractivity contribution in [2.45, 2.75) is 13.5 Å². The molecular weight excluding hydrogens is 432 g/mol. The molecule has 0 atom stereocenters. The summed E-state index contributed by atoms with van der Waals surface area (Å²) < 4.78 is 1.90. The molecule has 0 bridgehead atoms. The van der Waals surface area contributed by atoms with Crippen molar-refractivity contribution in [3.8, 4) is 0 Å². The highest BCUT2D eigenvalue weighted by Gasteiger charge is 2.20. The minimum atomic E-state index is -0.242. The fourth-order valence-corrected chi connectivity index (χ4v) is 4.57. The lowest BCUT2D eigenvalue weighted by Gasteiger charge is -2.15. The molecule has 0 radical (unpaired) electrons. The van der Waals surface area contributed by atoms with Gasteiger partial charge in [-0.05, 0) is 42.8 Å². The predicted octanol–water partition coefficient (Wildman–Crippen LogP) is 4.82. The number of benzene rings is 2. The SMILES string of the molecule is Cc1nn(Cc2ccc(Cl)cc2)c2sc(C(=O)N(C)CC(=O)Nc3ccccc3)cc12. The minimum absolute atomic E-state index is 0.0299. The van der Waals surface area contributed by atoms with Crippen molar-refractivity contribution < 1.29 is 9.59 Å².